The average Bonchev–Trinajstić information content (AvgIpc) is 2.78. The number of hydrogen-bond acceptors (Lipinski definition) is 2. The smallest absolute Gasteiger partial charge is 0.0431 e. The lowest BCUT2D eigenvalue weighted by molar-refractivity contribution is 0.231. The number of rotatable bonds is 6. The molecule has 0 saturated heterocycles. The van der Waals surface area contributed by atoms with E-state index in [-0.39, 0.29) is 0 Å². The summed E-state index contributed by atoms with van der Waals surface area (Å²) in [5.41, 5.74) is 3.05. The van der Waals surface area contributed by atoms with Gasteiger partial charge in [0.2, 0.25) is 0 Å². The van der Waals surface area contributed by atoms with Crippen LogP contribution in [-0.2, 0) is 6.42 Å². The minimum atomic E-state index is 0.329. The van der Waals surface area contributed by atoms with Gasteiger partial charge in [0.15, 0.2) is 0 Å². The molecular weight excluding hydrogens is 210 g/mol. The van der Waals surface area contributed by atoms with Crippen LogP contribution in [0, 0.1) is 0 Å². The molecule has 0 aliphatic heterocycles. The SMILES string of the molecule is CN(CCCCCO)C1CCc2ccccc21. The van der Waals surface area contributed by atoms with E-state index in [1.165, 1.54) is 30.4 Å². The summed E-state index contributed by atoms with van der Waals surface area (Å²) in [7, 11) is 2.23. The monoisotopic (exact) mass is 233 g/mol. The van der Waals surface area contributed by atoms with Crippen molar-refractivity contribution < 1.29 is 5.11 Å². The molecule has 0 aromatic heterocycles. The van der Waals surface area contributed by atoms with Gasteiger partial charge in [0.25, 0.3) is 0 Å². The largest absolute Gasteiger partial charge is 0.396 e. The van der Waals surface area contributed by atoms with Gasteiger partial charge in [-0.2, -0.15) is 0 Å². The predicted octanol–water partition coefficient (Wildman–Crippen LogP) is 2.77. The summed E-state index contributed by atoms with van der Waals surface area (Å²) in [5, 5.41) is 8.76. The number of aliphatic hydroxyl groups excluding tert-OH is 1. The van der Waals surface area contributed by atoms with Gasteiger partial charge in [-0.1, -0.05) is 24.3 Å². The molecular formula is C15H23NO. The molecule has 2 heteroatoms. The van der Waals surface area contributed by atoms with Gasteiger partial charge < -0.3 is 5.11 Å². The third-order valence-electron chi connectivity index (χ3n) is 3.80. The summed E-state index contributed by atoms with van der Waals surface area (Å²) in [6.07, 6.45) is 5.75. The lowest BCUT2D eigenvalue weighted by Crippen LogP contribution is -2.24. The lowest BCUT2D eigenvalue weighted by Gasteiger charge is -2.25. The highest BCUT2D eigenvalue weighted by atomic mass is 16.2. The molecule has 2 nitrogen and oxygen atoms in total. The maximum absolute atomic E-state index is 8.76. The van der Waals surface area contributed by atoms with Crippen molar-refractivity contribution in [1.82, 2.24) is 4.90 Å². The van der Waals surface area contributed by atoms with E-state index in [0.29, 0.717) is 12.6 Å². The van der Waals surface area contributed by atoms with Crippen LogP contribution in [0.5, 0.6) is 0 Å². The van der Waals surface area contributed by atoms with Crippen LogP contribution in [0.15, 0.2) is 24.3 Å². The number of benzene rings is 1. The van der Waals surface area contributed by atoms with E-state index < -0.39 is 0 Å². The fourth-order valence-electron chi connectivity index (χ4n) is 2.80. The highest BCUT2D eigenvalue weighted by Crippen LogP contribution is 2.34. The molecule has 0 heterocycles. The molecule has 0 saturated carbocycles. The van der Waals surface area contributed by atoms with Crippen LogP contribution in [0.4, 0.5) is 0 Å². The van der Waals surface area contributed by atoms with Crippen LogP contribution in [-0.4, -0.2) is 30.2 Å². The fourth-order valence-corrected chi connectivity index (χ4v) is 2.80. The quantitative estimate of drug-likeness (QED) is 0.764. The van der Waals surface area contributed by atoms with Crippen molar-refractivity contribution >= 4 is 0 Å². The van der Waals surface area contributed by atoms with E-state index in [1.54, 1.807) is 0 Å². The molecule has 1 unspecified atom stereocenters. The molecule has 0 spiro atoms. The summed E-state index contributed by atoms with van der Waals surface area (Å²) in [6, 6.07) is 9.44. The second-order valence-corrected chi connectivity index (χ2v) is 5.02. The van der Waals surface area contributed by atoms with E-state index in [4.69, 9.17) is 5.11 Å². The Bertz CT molecular complexity index is 351. The first-order chi connectivity index (χ1) is 8.33. The van der Waals surface area contributed by atoms with Crippen molar-refractivity contribution in [2.75, 3.05) is 20.2 Å². The minimum Gasteiger partial charge on any atom is -0.396 e. The van der Waals surface area contributed by atoms with Crippen LogP contribution in [0.2, 0.25) is 0 Å². The Kier molecular flexibility index (Phi) is 4.57. The van der Waals surface area contributed by atoms with E-state index >= 15 is 0 Å². The lowest BCUT2D eigenvalue weighted by atomic mass is 10.1. The van der Waals surface area contributed by atoms with Crippen LogP contribution in [0.1, 0.15) is 42.9 Å². The Balaban J connectivity index is 1.87. The molecule has 0 bridgehead atoms. The molecule has 2 rings (SSSR count). The summed E-state index contributed by atoms with van der Waals surface area (Å²) in [6.45, 7) is 1.47. The number of aryl methyl sites for hydroxylation is 1. The fraction of sp³-hybridized carbons (Fsp3) is 0.600. The standard InChI is InChI=1S/C15H23NO/c1-16(11-5-2-6-12-17)15-10-9-13-7-3-4-8-14(13)15/h3-4,7-8,15,17H,2,5-6,9-12H2,1H3. The Morgan fingerprint density at radius 2 is 2.06 bits per heavy atom. The number of hydrogen-bond donors (Lipinski definition) is 1. The highest BCUT2D eigenvalue weighted by molar-refractivity contribution is 5.34. The zero-order valence-electron chi connectivity index (χ0n) is 10.7. The van der Waals surface area contributed by atoms with Crippen molar-refractivity contribution in [3.05, 3.63) is 35.4 Å². The number of aliphatic hydroxyl groups is 1. The maximum atomic E-state index is 8.76. The van der Waals surface area contributed by atoms with E-state index in [9.17, 15) is 0 Å². The molecule has 1 aromatic rings. The van der Waals surface area contributed by atoms with E-state index in [2.05, 4.69) is 36.2 Å². The first-order valence-electron chi connectivity index (χ1n) is 6.72. The van der Waals surface area contributed by atoms with Crippen molar-refractivity contribution in [3.8, 4) is 0 Å². The Morgan fingerprint density at radius 3 is 2.88 bits per heavy atom. The Labute approximate surface area is 104 Å². The number of nitrogens with zero attached hydrogens (tertiary/aromatic N) is 1. The first kappa shape index (κ1) is 12.6. The van der Waals surface area contributed by atoms with Gasteiger partial charge in [-0.25, -0.2) is 0 Å². The summed E-state index contributed by atoms with van der Waals surface area (Å²) >= 11 is 0. The van der Waals surface area contributed by atoms with Crippen LogP contribution >= 0.6 is 0 Å². The van der Waals surface area contributed by atoms with Gasteiger partial charge in [-0.15, -0.1) is 0 Å². The summed E-state index contributed by atoms with van der Waals surface area (Å²) in [5.74, 6) is 0. The van der Waals surface area contributed by atoms with Gasteiger partial charge in [0.05, 0.1) is 0 Å². The van der Waals surface area contributed by atoms with Gasteiger partial charge in [0, 0.05) is 12.6 Å². The molecule has 1 aromatic carbocycles. The van der Waals surface area contributed by atoms with Crippen molar-refractivity contribution in [2.24, 2.45) is 0 Å². The van der Waals surface area contributed by atoms with Crippen molar-refractivity contribution in [1.29, 1.82) is 0 Å². The molecule has 94 valence electrons. The molecule has 0 radical (unpaired) electrons. The first-order valence-corrected chi connectivity index (χ1v) is 6.72. The third-order valence-corrected chi connectivity index (χ3v) is 3.80. The highest BCUT2D eigenvalue weighted by Gasteiger charge is 2.24. The predicted molar refractivity (Wildman–Crippen MR) is 71.1 cm³/mol. The molecule has 1 atom stereocenters. The van der Waals surface area contributed by atoms with Gasteiger partial charge in [0.1, 0.15) is 0 Å². The van der Waals surface area contributed by atoms with E-state index in [0.717, 1.165) is 19.4 Å². The molecule has 17 heavy (non-hydrogen) atoms. The van der Waals surface area contributed by atoms with Gasteiger partial charge in [-0.3, -0.25) is 4.90 Å². The van der Waals surface area contributed by atoms with Crippen LogP contribution in [0.3, 0.4) is 0 Å². The summed E-state index contributed by atoms with van der Waals surface area (Å²) in [4.78, 5) is 2.48. The van der Waals surface area contributed by atoms with Gasteiger partial charge >= 0.3 is 0 Å². The zero-order valence-corrected chi connectivity index (χ0v) is 10.7. The zero-order chi connectivity index (χ0) is 12.1. The third kappa shape index (κ3) is 3.08. The van der Waals surface area contributed by atoms with Crippen molar-refractivity contribution in [2.45, 2.75) is 38.1 Å². The second-order valence-electron chi connectivity index (χ2n) is 5.02. The second kappa shape index (κ2) is 6.18. The minimum absolute atomic E-state index is 0.329. The normalized spacial score (nSPS) is 18.6. The Hall–Kier alpha value is -0.860. The molecule has 0 fully saturated rings. The van der Waals surface area contributed by atoms with Crippen molar-refractivity contribution in [3.63, 3.8) is 0 Å². The molecule has 1 aliphatic carbocycles. The number of unbranched alkanes of at least 4 members (excludes halogenated alkanes) is 2. The number of fused-ring (bicyclic) bond motifs is 1. The Morgan fingerprint density at radius 1 is 1.24 bits per heavy atom. The van der Waals surface area contributed by atoms with Gasteiger partial charge in [-0.05, 0) is 56.8 Å². The van der Waals surface area contributed by atoms with E-state index in [1.807, 2.05) is 0 Å². The molecule has 1 N–H and O–H groups in total. The average molecular weight is 233 g/mol. The molecule has 1 aliphatic rings. The van der Waals surface area contributed by atoms with Crippen LogP contribution < -0.4 is 0 Å². The van der Waals surface area contributed by atoms with Crippen LogP contribution in [0.25, 0.3) is 0 Å². The topological polar surface area (TPSA) is 23.5 Å². The maximum Gasteiger partial charge on any atom is 0.0431 e. The summed E-state index contributed by atoms with van der Waals surface area (Å²) < 4.78 is 0. The molecule has 0 amide bonds.